The Kier molecular flexibility index (Phi) is 10.4. The highest BCUT2D eigenvalue weighted by Gasteiger charge is 2.22. The van der Waals surface area contributed by atoms with Crippen molar-refractivity contribution in [3.05, 3.63) is 59.9 Å². The standard InChI is InChI=1S/C26H32FN3O7/c1-18-7-6-8-22(15-18)30(21-11-9-20(27)10-12-21)14-13-29(19(2)31)25(34)36-17-35-23(32)16-28-24(33)37-26(3,4)5/h6-12,15H,13-14,16-17H2,1-5H3,(H,28,33). The highest BCUT2D eigenvalue weighted by atomic mass is 19.1. The second-order valence-electron chi connectivity index (χ2n) is 9.04. The molecule has 0 heterocycles. The molecule has 200 valence electrons. The van der Waals surface area contributed by atoms with Gasteiger partial charge in [-0.1, -0.05) is 12.1 Å². The number of nitrogens with zero attached hydrogens (tertiary/aromatic N) is 2. The van der Waals surface area contributed by atoms with E-state index in [9.17, 15) is 23.6 Å². The van der Waals surface area contributed by atoms with Crippen LogP contribution in [0.4, 0.5) is 25.4 Å². The Labute approximate surface area is 215 Å². The van der Waals surface area contributed by atoms with Crippen molar-refractivity contribution in [2.45, 2.75) is 40.2 Å². The molecule has 0 atom stereocenters. The van der Waals surface area contributed by atoms with Crippen LogP contribution in [0, 0.1) is 12.7 Å². The number of carbonyl (C=O) groups excluding carboxylic acids is 4. The Morgan fingerprint density at radius 3 is 2.22 bits per heavy atom. The first-order chi connectivity index (χ1) is 17.4. The van der Waals surface area contributed by atoms with Crippen LogP contribution in [0.5, 0.6) is 0 Å². The summed E-state index contributed by atoms with van der Waals surface area (Å²) < 4.78 is 28.2. The summed E-state index contributed by atoms with van der Waals surface area (Å²) >= 11 is 0. The van der Waals surface area contributed by atoms with Gasteiger partial charge >= 0.3 is 18.2 Å². The van der Waals surface area contributed by atoms with E-state index in [0.29, 0.717) is 5.69 Å². The fourth-order valence-corrected chi connectivity index (χ4v) is 3.13. The molecule has 3 amide bonds. The number of hydrogen-bond acceptors (Lipinski definition) is 8. The third kappa shape index (κ3) is 10.2. The van der Waals surface area contributed by atoms with Crippen LogP contribution in [0.25, 0.3) is 0 Å². The predicted octanol–water partition coefficient (Wildman–Crippen LogP) is 4.28. The van der Waals surface area contributed by atoms with Crippen LogP contribution in [0.1, 0.15) is 33.3 Å². The number of hydrogen-bond donors (Lipinski definition) is 1. The van der Waals surface area contributed by atoms with Crippen LogP contribution in [0.2, 0.25) is 0 Å². The van der Waals surface area contributed by atoms with E-state index in [1.165, 1.54) is 19.1 Å². The monoisotopic (exact) mass is 517 g/mol. The number of carbonyl (C=O) groups is 4. The highest BCUT2D eigenvalue weighted by Crippen LogP contribution is 2.26. The summed E-state index contributed by atoms with van der Waals surface area (Å²) in [6, 6.07) is 13.4. The number of ether oxygens (including phenoxy) is 3. The predicted molar refractivity (Wildman–Crippen MR) is 134 cm³/mol. The van der Waals surface area contributed by atoms with E-state index in [-0.39, 0.29) is 13.1 Å². The summed E-state index contributed by atoms with van der Waals surface area (Å²) in [6.45, 7) is 7.02. The molecule has 0 spiro atoms. The van der Waals surface area contributed by atoms with E-state index in [1.807, 2.05) is 36.1 Å². The zero-order valence-electron chi connectivity index (χ0n) is 21.6. The van der Waals surface area contributed by atoms with E-state index in [4.69, 9.17) is 14.2 Å². The zero-order valence-corrected chi connectivity index (χ0v) is 21.6. The molecule has 0 unspecified atom stereocenters. The maximum absolute atomic E-state index is 13.5. The van der Waals surface area contributed by atoms with Gasteiger partial charge in [0.15, 0.2) is 0 Å². The fourth-order valence-electron chi connectivity index (χ4n) is 3.13. The molecule has 1 N–H and O–H groups in total. The smallest absolute Gasteiger partial charge is 0.419 e. The summed E-state index contributed by atoms with van der Waals surface area (Å²) in [5.41, 5.74) is 1.71. The van der Waals surface area contributed by atoms with E-state index in [2.05, 4.69) is 5.32 Å². The normalized spacial score (nSPS) is 10.8. The molecule has 2 aromatic rings. The number of imide groups is 1. The molecule has 0 aliphatic heterocycles. The minimum atomic E-state index is -1.01. The first-order valence-corrected chi connectivity index (χ1v) is 11.5. The lowest BCUT2D eigenvalue weighted by molar-refractivity contribution is -0.151. The lowest BCUT2D eigenvalue weighted by Gasteiger charge is -2.28. The molecule has 0 fully saturated rings. The average Bonchev–Trinajstić information content (AvgIpc) is 2.80. The van der Waals surface area contributed by atoms with Gasteiger partial charge in [-0.25, -0.2) is 18.9 Å². The quantitative estimate of drug-likeness (QED) is 0.387. The van der Waals surface area contributed by atoms with Crippen LogP contribution >= 0.6 is 0 Å². The minimum absolute atomic E-state index is 0.0619. The molecule has 0 aliphatic carbocycles. The number of rotatable bonds is 9. The van der Waals surface area contributed by atoms with Crippen molar-refractivity contribution in [3.8, 4) is 0 Å². The molecule has 0 aliphatic rings. The number of halogens is 1. The van der Waals surface area contributed by atoms with Gasteiger partial charge in [0.2, 0.25) is 12.7 Å². The largest absolute Gasteiger partial charge is 0.444 e. The van der Waals surface area contributed by atoms with Crippen LogP contribution in [-0.2, 0) is 23.8 Å². The Morgan fingerprint density at radius 1 is 0.946 bits per heavy atom. The molecule has 2 aromatic carbocycles. The first kappa shape index (κ1) is 29.1. The Hall–Kier alpha value is -4.15. The number of anilines is 2. The van der Waals surface area contributed by atoms with Crippen LogP contribution in [0.3, 0.4) is 0 Å². The van der Waals surface area contributed by atoms with Crippen molar-refractivity contribution < 1.29 is 37.8 Å². The fraction of sp³-hybridized carbons (Fsp3) is 0.385. The van der Waals surface area contributed by atoms with Crippen molar-refractivity contribution in [2.75, 3.05) is 31.3 Å². The Morgan fingerprint density at radius 2 is 1.62 bits per heavy atom. The van der Waals surface area contributed by atoms with Gasteiger partial charge in [0.1, 0.15) is 18.0 Å². The summed E-state index contributed by atoms with van der Waals surface area (Å²) in [5.74, 6) is -1.83. The van der Waals surface area contributed by atoms with Gasteiger partial charge in [-0.15, -0.1) is 0 Å². The molecule has 37 heavy (non-hydrogen) atoms. The number of aryl methyl sites for hydroxylation is 1. The molecule has 0 bridgehead atoms. The van der Waals surface area contributed by atoms with Crippen LogP contribution in [0.15, 0.2) is 48.5 Å². The second-order valence-corrected chi connectivity index (χ2v) is 9.04. The van der Waals surface area contributed by atoms with Crippen LogP contribution in [-0.4, -0.2) is 61.0 Å². The van der Waals surface area contributed by atoms with Crippen molar-refractivity contribution in [3.63, 3.8) is 0 Å². The van der Waals surface area contributed by atoms with Crippen molar-refractivity contribution >= 4 is 35.4 Å². The number of amides is 3. The van der Waals surface area contributed by atoms with E-state index < -0.39 is 48.8 Å². The van der Waals surface area contributed by atoms with Crippen molar-refractivity contribution in [1.82, 2.24) is 10.2 Å². The molecule has 0 radical (unpaired) electrons. The zero-order chi connectivity index (χ0) is 27.6. The molecular formula is C26H32FN3O7. The van der Waals surface area contributed by atoms with E-state index in [1.54, 1.807) is 32.9 Å². The molecular weight excluding hydrogens is 485 g/mol. The first-order valence-electron chi connectivity index (χ1n) is 11.5. The number of nitrogens with one attached hydrogen (secondary N) is 1. The van der Waals surface area contributed by atoms with Gasteiger partial charge in [-0.2, -0.15) is 0 Å². The van der Waals surface area contributed by atoms with Gasteiger partial charge < -0.3 is 24.4 Å². The number of alkyl carbamates (subject to hydrolysis) is 1. The molecule has 0 saturated carbocycles. The van der Waals surface area contributed by atoms with Crippen LogP contribution < -0.4 is 10.2 Å². The number of esters is 1. The summed E-state index contributed by atoms with van der Waals surface area (Å²) in [6.07, 6.45) is -1.81. The third-order valence-corrected chi connectivity index (χ3v) is 4.78. The lowest BCUT2D eigenvalue weighted by atomic mass is 10.2. The number of benzene rings is 2. The average molecular weight is 518 g/mol. The van der Waals surface area contributed by atoms with Gasteiger partial charge in [-0.05, 0) is 69.7 Å². The minimum Gasteiger partial charge on any atom is -0.444 e. The summed E-state index contributed by atoms with van der Waals surface area (Å²) in [4.78, 5) is 50.7. The lowest BCUT2D eigenvalue weighted by Crippen LogP contribution is -2.41. The third-order valence-electron chi connectivity index (χ3n) is 4.78. The van der Waals surface area contributed by atoms with Gasteiger partial charge in [0.25, 0.3) is 0 Å². The second kappa shape index (κ2) is 13.2. The molecule has 11 heteroatoms. The topological polar surface area (TPSA) is 114 Å². The maximum atomic E-state index is 13.5. The Bertz CT molecular complexity index is 1100. The van der Waals surface area contributed by atoms with Gasteiger partial charge in [0.05, 0.1) is 0 Å². The molecule has 0 saturated heterocycles. The molecule has 0 aromatic heterocycles. The maximum Gasteiger partial charge on any atom is 0.419 e. The summed E-state index contributed by atoms with van der Waals surface area (Å²) in [7, 11) is 0. The van der Waals surface area contributed by atoms with E-state index >= 15 is 0 Å². The van der Waals surface area contributed by atoms with E-state index in [0.717, 1.165) is 16.2 Å². The molecule has 10 nitrogen and oxygen atoms in total. The highest BCUT2D eigenvalue weighted by molar-refractivity contribution is 5.90. The van der Waals surface area contributed by atoms with Crippen molar-refractivity contribution in [1.29, 1.82) is 0 Å². The van der Waals surface area contributed by atoms with Gasteiger partial charge in [-0.3, -0.25) is 9.59 Å². The molecule has 2 rings (SSSR count). The van der Waals surface area contributed by atoms with Gasteiger partial charge in [0, 0.05) is 31.4 Å². The summed E-state index contributed by atoms with van der Waals surface area (Å²) in [5, 5.41) is 2.22. The Balaban J connectivity index is 1.95. The van der Waals surface area contributed by atoms with Crippen molar-refractivity contribution in [2.24, 2.45) is 0 Å². The SMILES string of the molecule is CC(=O)N(CCN(c1ccc(F)cc1)c1cccc(C)c1)C(=O)OCOC(=O)CNC(=O)OC(C)(C)C.